The third kappa shape index (κ3) is 2.70. The molecule has 2 nitrogen and oxygen atoms in total. The molecule has 2 aliphatic rings. The van der Waals surface area contributed by atoms with Gasteiger partial charge in [0, 0.05) is 12.6 Å². The van der Waals surface area contributed by atoms with Crippen LogP contribution in [-0.4, -0.2) is 24.3 Å². The molecule has 1 N–H and O–H groups in total. The molecule has 4 unspecified atom stereocenters. The Morgan fingerprint density at radius 2 is 2.05 bits per heavy atom. The Morgan fingerprint density at radius 3 is 2.79 bits per heavy atom. The molecule has 2 fully saturated rings. The van der Waals surface area contributed by atoms with Gasteiger partial charge in [-0.05, 0) is 44.1 Å². The van der Waals surface area contributed by atoms with E-state index in [0.717, 1.165) is 13.0 Å². The van der Waals surface area contributed by atoms with E-state index in [1.807, 2.05) is 0 Å². The highest BCUT2D eigenvalue weighted by molar-refractivity contribution is 5.21. The predicted molar refractivity (Wildman–Crippen MR) is 78.4 cm³/mol. The minimum atomic E-state index is 0.0424. The summed E-state index contributed by atoms with van der Waals surface area (Å²) in [5.74, 6) is 0.699. The lowest BCUT2D eigenvalue weighted by Gasteiger charge is -2.47. The fourth-order valence-electron chi connectivity index (χ4n) is 3.49. The van der Waals surface area contributed by atoms with Gasteiger partial charge in [-0.2, -0.15) is 0 Å². The van der Waals surface area contributed by atoms with Crippen LogP contribution in [0, 0.1) is 0 Å². The minimum absolute atomic E-state index is 0.0424. The molecule has 1 aromatic carbocycles. The van der Waals surface area contributed by atoms with Crippen molar-refractivity contribution in [3.8, 4) is 0 Å². The Labute approximate surface area is 116 Å². The van der Waals surface area contributed by atoms with Crippen LogP contribution in [0.15, 0.2) is 30.3 Å². The molecule has 0 spiro atoms. The molecule has 2 heteroatoms. The zero-order valence-corrected chi connectivity index (χ0v) is 12.1. The van der Waals surface area contributed by atoms with E-state index >= 15 is 0 Å². The van der Waals surface area contributed by atoms with Crippen molar-refractivity contribution in [3.05, 3.63) is 35.9 Å². The van der Waals surface area contributed by atoms with Crippen LogP contribution in [0.1, 0.15) is 51.0 Å². The molecule has 104 valence electrons. The van der Waals surface area contributed by atoms with E-state index in [2.05, 4.69) is 49.5 Å². The summed E-state index contributed by atoms with van der Waals surface area (Å²) in [6.45, 7) is 5.45. The molecule has 1 aromatic rings. The highest BCUT2D eigenvalue weighted by atomic mass is 16.5. The van der Waals surface area contributed by atoms with Gasteiger partial charge in [0.1, 0.15) is 0 Å². The minimum Gasteiger partial charge on any atom is -0.369 e. The van der Waals surface area contributed by atoms with Crippen LogP contribution in [0.5, 0.6) is 0 Å². The van der Waals surface area contributed by atoms with Crippen LogP contribution >= 0.6 is 0 Å². The van der Waals surface area contributed by atoms with Crippen molar-refractivity contribution in [1.29, 1.82) is 0 Å². The van der Waals surface area contributed by atoms with E-state index in [1.54, 1.807) is 0 Å². The second kappa shape index (κ2) is 5.26. The molecule has 0 radical (unpaired) electrons. The standard InChI is InChI=1S/C17H25NO/c1-3-17(2)12-18-15-11-14(9-10-16(15)19-17)13-7-5-4-6-8-13/h4-8,14-16,18H,3,9-12H2,1-2H3. The second-order valence-corrected chi connectivity index (χ2v) is 6.37. The number of fused-ring (bicyclic) bond motifs is 1. The van der Waals surface area contributed by atoms with Crippen LogP contribution in [0.4, 0.5) is 0 Å². The van der Waals surface area contributed by atoms with E-state index in [-0.39, 0.29) is 5.60 Å². The van der Waals surface area contributed by atoms with Crippen LogP contribution < -0.4 is 5.32 Å². The van der Waals surface area contributed by atoms with E-state index < -0.39 is 0 Å². The number of ether oxygens (including phenoxy) is 1. The van der Waals surface area contributed by atoms with Crippen molar-refractivity contribution >= 4 is 0 Å². The SMILES string of the molecule is CCC1(C)CNC2CC(c3ccccc3)CCC2O1. The zero-order valence-electron chi connectivity index (χ0n) is 12.1. The fraction of sp³-hybridized carbons (Fsp3) is 0.647. The average molecular weight is 259 g/mol. The maximum absolute atomic E-state index is 6.35. The Hall–Kier alpha value is -0.860. The first-order valence-corrected chi connectivity index (χ1v) is 7.66. The zero-order chi connectivity index (χ0) is 13.3. The number of morpholine rings is 1. The molecule has 4 atom stereocenters. The quantitative estimate of drug-likeness (QED) is 0.878. The molecular weight excluding hydrogens is 234 g/mol. The first-order valence-electron chi connectivity index (χ1n) is 7.66. The number of nitrogens with one attached hydrogen (secondary N) is 1. The summed E-state index contributed by atoms with van der Waals surface area (Å²) in [6.07, 6.45) is 5.16. The van der Waals surface area contributed by atoms with Gasteiger partial charge in [-0.15, -0.1) is 0 Å². The van der Waals surface area contributed by atoms with Gasteiger partial charge >= 0.3 is 0 Å². The first-order chi connectivity index (χ1) is 9.20. The number of hydrogen-bond acceptors (Lipinski definition) is 2. The fourth-order valence-corrected chi connectivity index (χ4v) is 3.49. The molecule has 1 aliphatic carbocycles. The van der Waals surface area contributed by atoms with Crippen molar-refractivity contribution < 1.29 is 4.74 Å². The lowest BCUT2D eigenvalue weighted by Crippen LogP contribution is -2.59. The summed E-state index contributed by atoms with van der Waals surface area (Å²) >= 11 is 0. The number of hydrogen-bond donors (Lipinski definition) is 1. The van der Waals surface area contributed by atoms with Crippen LogP contribution in [0.25, 0.3) is 0 Å². The summed E-state index contributed by atoms with van der Waals surface area (Å²) < 4.78 is 6.35. The van der Waals surface area contributed by atoms with Crippen molar-refractivity contribution in [1.82, 2.24) is 5.32 Å². The molecule has 0 aromatic heterocycles. The van der Waals surface area contributed by atoms with E-state index in [4.69, 9.17) is 4.74 Å². The van der Waals surface area contributed by atoms with Gasteiger partial charge < -0.3 is 10.1 Å². The van der Waals surface area contributed by atoms with E-state index in [1.165, 1.54) is 24.8 Å². The Bertz CT molecular complexity index is 419. The van der Waals surface area contributed by atoms with Gasteiger partial charge in [-0.25, -0.2) is 0 Å². The van der Waals surface area contributed by atoms with Crippen molar-refractivity contribution in [2.75, 3.05) is 6.54 Å². The van der Waals surface area contributed by atoms with Crippen molar-refractivity contribution in [2.45, 2.75) is 63.2 Å². The molecule has 1 saturated heterocycles. The Kier molecular flexibility index (Phi) is 3.64. The molecule has 19 heavy (non-hydrogen) atoms. The Balaban J connectivity index is 1.67. The lowest BCUT2D eigenvalue weighted by molar-refractivity contribution is -0.139. The molecule has 1 saturated carbocycles. The summed E-state index contributed by atoms with van der Waals surface area (Å²) in [5, 5.41) is 3.74. The second-order valence-electron chi connectivity index (χ2n) is 6.37. The van der Waals surface area contributed by atoms with Crippen molar-refractivity contribution in [3.63, 3.8) is 0 Å². The van der Waals surface area contributed by atoms with E-state index in [9.17, 15) is 0 Å². The molecular formula is C17H25NO. The number of benzene rings is 1. The van der Waals surface area contributed by atoms with Crippen molar-refractivity contribution in [2.24, 2.45) is 0 Å². The van der Waals surface area contributed by atoms with Crippen LogP contribution in [-0.2, 0) is 4.74 Å². The summed E-state index contributed by atoms with van der Waals surface area (Å²) in [4.78, 5) is 0. The van der Waals surface area contributed by atoms with Gasteiger partial charge in [-0.1, -0.05) is 37.3 Å². The monoisotopic (exact) mass is 259 g/mol. The largest absolute Gasteiger partial charge is 0.369 e. The third-order valence-corrected chi connectivity index (χ3v) is 4.98. The van der Waals surface area contributed by atoms with Gasteiger partial charge in [0.25, 0.3) is 0 Å². The summed E-state index contributed by atoms with van der Waals surface area (Å²) in [5.41, 5.74) is 1.53. The first kappa shape index (κ1) is 13.1. The summed E-state index contributed by atoms with van der Waals surface area (Å²) in [6, 6.07) is 11.5. The summed E-state index contributed by atoms with van der Waals surface area (Å²) in [7, 11) is 0. The highest BCUT2D eigenvalue weighted by Gasteiger charge is 2.40. The normalized spacial score (nSPS) is 38.7. The molecule has 1 heterocycles. The van der Waals surface area contributed by atoms with E-state index in [0.29, 0.717) is 18.1 Å². The highest BCUT2D eigenvalue weighted by Crippen LogP contribution is 2.38. The topological polar surface area (TPSA) is 21.3 Å². The number of rotatable bonds is 2. The van der Waals surface area contributed by atoms with Crippen LogP contribution in [0.3, 0.4) is 0 Å². The lowest BCUT2D eigenvalue weighted by atomic mass is 9.78. The maximum atomic E-state index is 6.35. The molecule has 0 amide bonds. The third-order valence-electron chi connectivity index (χ3n) is 4.98. The Morgan fingerprint density at radius 1 is 1.26 bits per heavy atom. The maximum Gasteiger partial charge on any atom is 0.0780 e. The predicted octanol–water partition coefficient (Wildman–Crippen LogP) is 3.48. The molecule has 1 aliphatic heterocycles. The van der Waals surface area contributed by atoms with Gasteiger partial charge in [0.15, 0.2) is 0 Å². The molecule has 3 rings (SSSR count). The smallest absolute Gasteiger partial charge is 0.0780 e. The van der Waals surface area contributed by atoms with Crippen LogP contribution in [0.2, 0.25) is 0 Å². The molecule has 0 bridgehead atoms. The van der Waals surface area contributed by atoms with Gasteiger partial charge in [0.05, 0.1) is 11.7 Å². The average Bonchev–Trinajstić information content (AvgIpc) is 2.48. The van der Waals surface area contributed by atoms with Gasteiger partial charge in [0.2, 0.25) is 0 Å². The van der Waals surface area contributed by atoms with Gasteiger partial charge in [-0.3, -0.25) is 0 Å².